The number of hydrogen-bond donors (Lipinski definition) is 1. The van der Waals surface area contributed by atoms with E-state index in [4.69, 9.17) is 5.11 Å². The van der Waals surface area contributed by atoms with Crippen LogP contribution in [0.15, 0.2) is 48.6 Å². The van der Waals surface area contributed by atoms with Crippen LogP contribution in [0, 0.1) is 5.92 Å². The number of carboxylic acid groups (broad SMARTS) is 1. The Kier molecular flexibility index (Phi) is 15.6. The summed E-state index contributed by atoms with van der Waals surface area (Å²) in [6, 6.07) is 0. The molecule has 0 aliphatic rings. The van der Waals surface area contributed by atoms with Gasteiger partial charge in [-0.15, -0.1) is 0 Å². The maximum Gasteiger partial charge on any atom is 0.306 e. The van der Waals surface area contributed by atoms with Crippen LogP contribution in [0.25, 0.3) is 0 Å². The fourth-order valence-electron chi connectivity index (χ4n) is 2.03. The third-order valence-electron chi connectivity index (χ3n) is 3.65. The van der Waals surface area contributed by atoms with Crippen LogP contribution in [-0.4, -0.2) is 11.1 Å². The van der Waals surface area contributed by atoms with E-state index in [1.807, 2.05) is 0 Å². The Labute approximate surface area is 142 Å². The Morgan fingerprint density at radius 3 is 1.78 bits per heavy atom. The van der Waals surface area contributed by atoms with E-state index in [0.29, 0.717) is 6.42 Å². The summed E-state index contributed by atoms with van der Waals surface area (Å²) in [6.45, 7) is 3.98. The van der Waals surface area contributed by atoms with Crippen LogP contribution in [0.5, 0.6) is 0 Å². The molecule has 2 heteroatoms. The molecular formula is C21H34O2. The average Bonchev–Trinajstić information content (AvgIpc) is 2.54. The molecule has 130 valence electrons. The topological polar surface area (TPSA) is 37.3 Å². The zero-order valence-electron chi connectivity index (χ0n) is 14.9. The van der Waals surface area contributed by atoms with Crippen LogP contribution in [0.4, 0.5) is 0 Å². The van der Waals surface area contributed by atoms with Gasteiger partial charge in [-0.05, 0) is 44.9 Å². The van der Waals surface area contributed by atoms with Gasteiger partial charge in [0.1, 0.15) is 0 Å². The van der Waals surface area contributed by atoms with Gasteiger partial charge in [0.05, 0.1) is 5.92 Å². The fraction of sp³-hybridized carbons (Fsp3) is 0.571. The van der Waals surface area contributed by atoms with Crippen molar-refractivity contribution in [3.63, 3.8) is 0 Å². The SMILES string of the molecule is CCCCC/C=C\C/C=C\C/C=C\C/C=C\CC[C@@H](C)C(=O)O. The molecule has 0 aromatic rings. The molecule has 0 spiro atoms. The Morgan fingerprint density at radius 1 is 0.826 bits per heavy atom. The Balaban J connectivity index is 3.49. The second kappa shape index (κ2) is 16.8. The molecule has 0 aromatic carbocycles. The van der Waals surface area contributed by atoms with E-state index in [9.17, 15) is 4.79 Å². The standard InChI is InChI=1S/C21H34O2/c1-3-4-5-6-7-8-9-10-11-12-13-14-15-16-17-18-19-20(2)21(22)23/h7-8,10-11,13-14,16-17,20H,3-6,9,12,15,18-19H2,1-2H3,(H,22,23)/b8-7-,11-10-,14-13-,17-16-/t20-/m1/s1. The van der Waals surface area contributed by atoms with Crippen molar-refractivity contribution in [3.05, 3.63) is 48.6 Å². The molecule has 0 aliphatic heterocycles. The molecule has 0 rings (SSSR count). The number of rotatable bonds is 14. The van der Waals surface area contributed by atoms with Gasteiger partial charge in [-0.2, -0.15) is 0 Å². The molecule has 0 unspecified atom stereocenters. The molecule has 23 heavy (non-hydrogen) atoms. The lowest BCUT2D eigenvalue weighted by atomic mass is 10.1. The second-order valence-corrected chi connectivity index (χ2v) is 5.91. The molecule has 0 bridgehead atoms. The summed E-state index contributed by atoms with van der Waals surface area (Å²) >= 11 is 0. The van der Waals surface area contributed by atoms with Crippen LogP contribution < -0.4 is 0 Å². The molecule has 0 radical (unpaired) electrons. The minimum atomic E-state index is -0.708. The van der Waals surface area contributed by atoms with Gasteiger partial charge in [0, 0.05) is 0 Å². The average molecular weight is 319 g/mol. The van der Waals surface area contributed by atoms with Crippen LogP contribution in [0.3, 0.4) is 0 Å². The van der Waals surface area contributed by atoms with Crippen LogP contribution in [0.1, 0.15) is 71.6 Å². The zero-order valence-corrected chi connectivity index (χ0v) is 14.9. The van der Waals surface area contributed by atoms with Crippen LogP contribution in [0.2, 0.25) is 0 Å². The zero-order chi connectivity index (χ0) is 17.2. The predicted octanol–water partition coefficient (Wildman–Crippen LogP) is 6.46. The highest BCUT2D eigenvalue weighted by Gasteiger charge is 2.08. The van der Waals surface area contributed by atoms with Gasteiger partial charge < -0.3 is 5.11 Å². The molecule has 0 saturated heterocycles. The summed E-state index contributed by atoms with van der Waals surface area (Å²) in [6.07, 6.45) is 27.1. The Bertz CT molecular complexity index is 389. The number of aliphatic carboxylic acids is 1. The molecule has 2 nitrogen and oxygen atoms in total. The largest absolute Gasteiger partial charge is 0.481 e. The molecule has 0 saturated carbocycles. The van der Waals surface area contributed by atoms with E-state index in [1.54, 1.807) is 6.92 Å². The number of carboxylic acids is 1. The minimum Gasteiger partial charge on any atom is -0.481 e. The second-order valence-electron chi connectivity index (χ2n) is 5.91. The maximum absolute atomic E-state index is 10.6. The van der Waals surface area contributed by atoms with Gasteiger partial charge >= 0.3 is 5.97 Å². The van der Waals surface area contributed by atoms with Gasteiger partial charge in [0.15, 0.2) is 0 Å². The van der Waals surface area contributed by atoms with E-state index >= 15 is 0 Å². The molecule has 0 fully saturated rings. The summed E-state index contributed by atoms with van der Waals surface area (Å²) < 4.78 is 0. The minimum absolute atomic E-state index is 0.249. The highest BCUT2D eigenvalue weighted by molar-refractivity contribution is 5.69. The third-order valence-corrected chi connectivity index (χ3v) is 3.65. The first-order valence-electron chi connectivity index (χ1n) is 9.01. The van der Waals surface area contributed by atoms with Crippen molar-refractivity contribution in [2.24, 2.45) is 5.92 Å². The number of hydrogen-bond acceptors (Lipinski definition) is 1. The lowest BCUT2D eigenvalue weighted by Crippen LogP contribution is -2.08. The number of unbranched alkanes of at least 4 members (excludes halogenated alkanes) is 3. The highest BCUT2D eigenvalue weighted by Crippen LogP contribution is 2.06. The predicted molar refractivity (Wildman–Crippen MR) is 101 cm³/mol. The smallest absolute Gasteiger partial charge is 0.306 e. The van der Waals surface area contributed by atoms with Crippen LogP contribution >= 0.6 is 0 Å². The Morgan fingerprint density at radius 2 is 1.30 bits per heavy atom. The van der Waals surface area contributed by atoms with Crippen molar-refractivity contribution in [2.45, 2.75) is 71.6 Å². The number of allylic oxidation sites excluding steroid dienone is 8. The van der Waals surface area contributed by atoms with Crippen LogP contribution in [-0.2, 0) is 4.79 Å². The van der Waals surface area contributed by atoms with Crippen molar-refractivity contribution in [3.8, 4) is 0 Å². The summed E-state index contributed by atoms with van der Waals surface area (Å²) in [7, 11) is 0. The molecule has 0 heterocycles. The summed E-state index contributed by atoms with van der Waals surface area (Å²) in [5.41, 5.74) is 0. The van der Waals surface area contributed by atoms with E-state index in [2.05, 4.69) is 55.5 Å². The van der Waals surface area contributed by atoms with E-state index in [0.717, 1.165) is 25.7 Å². The molecule has 1 atom stereocenters. The molecule has 0 aromatic heterocycles. The normalized spacial score (nSPS) is 13.8. The van der Waals surface area contributed by atoms with Gasteiger partial charge in [-0.25, -0.2) is 0 Å². The first-order chi connectivity index (χ1) is 11.2. The third kappa shape index (κ3) is 16.6. The van der Waals surface area contributed by atoms with Gasteiger partial charge in [-0.3, -0.25) is 4.79 Å². The lowest BCUT2D eigenvalue weighted by molar-refractivity contribution is -0.141. The maximum atomic E-state index is 10.6. The highest BCUT2D eigenvalue weighted by atomic mass is 16.4. The van der Waals surface area contributed by atoms with Crippen molar-refractivity contribution in [1.29, 1.82) is 0 Å². The van der Waals surface area contributed by atoms with Gasteiger partial charge in [0.25, 0.3) is 0 Å². The van der Waals surface area contributed by atoms with Crippen molar-refractivity contribution >= 4 is 5.97 Å². The summed E-state index contributed by atoms with van der Waals surface area (Å²) in [5.74, 6) is -0.957. The Hall–Kier alpha value is -1.57. The molecule has 0 aliphatic carbocycles. The quantitative estimate of drug-likeness (QED) is 0.294. The molecule has 0 amide bonds. The fourth-order valence-corrected chi connectivity index (χ4v) is 2.03. The first kappa shape index (κ1) is 21.4. The monoisotopic (exact) mass is 318 g/mol. The van der Waals surface area contributed by atoms with E-state index in [1.165, 1.54) is 25.7 Å². The van der Waals surface area contributed by atoms with Gasteiger partial charge in [0.2, 0.25) is 0 Å². The first-order valence-corrected chi connectivity index (χ1v) is 9.01. The van der Waals surface area contributed by atoms with E-state index < -0.39 is 5.97 Å². The van der Waals surface area contributed by atoms with Crippen molar-refractivity contribution < 1.29 is 9.90 Å². The summed E-state index contributed by atoms with van der Waals surface area (Å²) in [5, 5.41) is 8.76. The van der Waals surface area contributed by atoms with Gasteiger partial charge in [-0.1, -0.05) is 75.3 Å². The number of carbonyl (C=O) groups is 1. The molecule has 1 N–H and O–H groups in total. The lowest BCUT2D eigenvalue weighted by Gasteiger charge is -2.01. The van der Waals surface area contributed by atoms with Crippen molar-refractivity contribution in [2.75, 3.05) is 0 Å². The summed E-state index contributed by atoms with van der Waals surface area (Å²) in [4.78, 5) is 10.6. The van der Waals surface area contributed by atoms with E-state index in [-0.39, 0.29) is 5.92 Å². The molecular weight excluding hydrogens is 284 g/mol. The van der Waals surface area contributed by atoms with Crippen molar-refractivity contribution in [1.82, 2.24) is 0 Å².